The van der Waals surface area contributed by atoms with Crippen molar-refractivity contribution in [2.24, 2.45) is 5.92 Å². The molecule has 2 saturated heterocycles. The van der Waals surface area contributed by atoms with Gasteiger partial charge in [0.25, 0.3) is 0 Å². The van der Waals surface area contributed by atoms with Crippen molar-refractivity contribution in [1.29, 1.82) is 0 Å². The first kappa shape index (κ1) is 15.9. The summed E-state index contributed by atoms with van der Waals surface area (Å²) in [7, 11) is 2.06. The van der Waals surface area contributed by atoms with Crippen LogP contribution in [-0.4, -0.2) is 53.5 Å². The van der Waals surface area contributed by atoms with Gasteiger partial charge in [0.2, 0.25) is 5.91 Å². The van der Waals surface area contributed by atoms with Crippen LogP contribution in [-0.2, 0) is 11.2 Å². The van der Waals surface area contributed by atoms with E-state index in [-0.39, 0.29) is 6.04 Å². The van der Waals surface area contributed by atoms with Crippen LogP contribution in [0.5, 0.6) is 0 Å². The van der Waals surface area contributed by atoms with Gasteiger partial charge in [-0.05, 0) is 44.2 Å². The van der Waals surface area contributed by atoms with Gasteiger partial charge in [-0.15, -0.1) is 11.8 Å². The molecule has 2 fully saturated rings. The highest BCUT2D eigenvalue weighted by Gasteiger charge is 2.33. The normalized spacial score (nSPS) is 23.9. The number of carbonyl (C=O) groups excluding carboxylic acids is 1. The van der Waals surface area contributed by atoms with Crippen molar-refractivity contribution in [3.63, 3.8) is 0 Å². The number of amides is 1. The Hall–Kier alpha value is -1.00. The lowest BCUT2D eigenvalue weighted by Crippen LogP contribution is -2.48. The largest absolute Gasteiger partial charge is 0.341 e. The molecule has 2 aliphatic heterocycles. The minimum Gasteiger partial charge on any atom is -0.341 e. The summed E-state index contributed by atoms with van der Waals surface area (Å²) in [6, 6.07) is 10.9. The Kier molecular flexibility index (Phi) is 5.42. The van der Waals surface area contributed by atoms with Gasteiger partial charge < -0.3 is 4.90 Å². The summed E-state index contributed by atoms with van der Waals surface area (Å²) in [5.41, 5.74) is 1.44. The van der Waals surface area contributed by atoms with Crippen molar-refractivity contribution < 1.29 is 4.79 Å². The monoisotopic (exact) mass is 318 g/mol. The summed E-state index contributed by atoms with van der Waals surface area (Å²) < 4.78 is 0. The zero-order valence-corrected chi connectivity index (χ0v) is 14.2. The predicted molar refractivity (Wildman–Crippen MR) is 92.9 cm³/mol. The predicted octanol–water partition coefficient (Wildman–Crippen LogP) is 2.86. The molecule has 0 aromatic heterocycles. The second-order valence-electron chi connectivity index (χ2n) is 6.57. The van der Waals surface area contributed by atoms with Gasteiger partial charge in [0.05, 0.1) is 6.04 Å². The Balaban J connectivity index is 1.43. The van der Waals surface area contributed by atoms with Crippen LogP contribution in [0.4, 0.5) is 0 Å². The highest BCUT2D eigenvalue weighted by atomic mass is 32.2. The number of rotatable bonds is 4. The molecule has 2 aliphatic rings. The molecule has 3 rings (SSSR count). The minimum absolute atomic E-state index is 0.117. The van der Waals surface area contributed by atoms with E-state index in [0.717, 1.165) is 30.6 Å². The quantitative estimate of drug-likeness (QED) is 0.853. The molecule has 22 heavy (non-hydrogen) atoms. The maximum absolute atomic E-state index is 12.6. The van der Waals surface area contributed by atoms with Gasteiger partial charge in [0, 0.05) is 24.7 Å². The smallest absolute Gasteiger partial charge is 0.240 e. The molecule has 0 unspecified atom stereocenters. The van der Waals surface area contributed by atoms with Crippen LogP contribution in [0.3, 0.4) is 0 Å². The Morgan fingerprint density at radius 3 is 2.59 bits per heavy atom. The Morgan fingerprint density at radius 2 is 1.95 bits per heavy atom. The molecule has 120 valence electrons. The van der Waals surface area contributed by atoms with E-state index in [1.165, 1.54) is 31.2 Å². The molecule has 0 radical (unpaired) electrons. The summed E-state index contributed by atoms with van der Waals surface area (Å²) in [6.45, 7) is 1.90. The van der Waals surface area contributed by atoms with Gasteiger partial charge >= 0.3 is 0 Å². The number of piperidine rings is 1. The molecule has 4 heteroatoms. The fourth-order valence-electron chi connectivity index (χ4n) is 3.45. The van der Waals surface area contributed by atoms with E-state index < -0.39 is 0 Å². The zero-order valence-electron chi connectivity index (χ0n) is 13.4. The van der Waals surface area contributed by atoms with E-state index in [0.29, 0.717) is 5.91 Å². The van der Waals surface area contributed by atoms with Crippen LogP contribution >= 0.6 is 11.8 Å². The Bertz CT molecular complexity index is 485. The number of likely N-dealkylation sites (tertiary alicyclic amines) is 1. The molecule has 2 heterocycles. The summed E-state index contributed by atoms with van der Waals surface area (Å²) in [5, 5.41) is 0. The van der Waals surface area contributed by atoms with E-state index in [1.807, 2.05) is 11.8 Å². The first-order chi connectivity index (χ1) is 10.7. The van der Waals surface area contributed by atoms with E-state index in [9.17, 15) is 4.79 Å². The van der Waals surface area contributed by atoms with E-state index in [1.54, 1.807) is 0 Å². The molecule has 1 aromatic rings. The third kappa shape index (κ3) is 3.85. The van der Waals surface area contributed by atoms with Crippen molar-refractivity contribution in [2.45, 2.75) is 31.7 Å². The lowest BCUT2D eigenvalue weighted by atomic mass is 9.90. The van der Waals surface area contributed by atoms with Crippen molar-refractivity contribution in [3.8, 4) is 0 Å². The fraction of sp³-hybridized carbons (Fsp3) is 0.611. The fourth-order valence-corrected chi connectivity index (χ4v) is 4.65. The highest BCUT2D eigenvalue weighted by Crippen LogP contribution is 2.25. The maximum Gasteiger partial charge on any atom is 0.240 e. The van der Waals surface area contributed by atoms with Crippen molar-refractivity contribution >= 4 is 17.7 Å². The minimum atomic E-state index is 0.117. The molecule has 3 nitrogen and oxygen atoms in total. The summed E-state index contributed by atoms with van der Waals surface area (Å²) in [4.78, 5) is 16.9. The summed E-state index contributed by atoms with van der Waals surface area (Å²) in [6.07, 6.45) is 4.76. The van der Waals surface area contributed by atoms with Crippen LogP contribution in [0.1, 0.15) is 24.8 Å². The Labute approximate surface area is 138 Å². The SMILES string of the molecule is CN1CSC[C@H]1C(=O)N1CCC(CCc2ccccc2)CC1. The zero-order chi connectivity index (χ0) is 15.4. The van der Waals surface area contributed by atoms with Crippen LogP contribution < -0.4 is 0 Å². The first-order valence-electron chi connectivity index (χ1n) is 8.35. The van der Waals surface area contributed by atoms with E-state index >= 15 is 0 Å². The standard InChI is InChI=1S/C18H26N2OS/c1-19-14-22-13-17(19)18(21)20-11-9-16(10-12-20)8-7-15-5-3-2-4-6-15/h2-6,16-17H,7-14H2,1H3/t17-/m0/s1. The van der Waals surface area contributed by atoms with Crippen LogP contribution in [0.2, 0.25) is 0 Å². The Morgan fingerprint density at radius 1 is 1.23 bits per heavy atom. The van der Waals surface area contributed by atoms with Gasteiger partial charge in [-0.3, -0.25) is 9.69 Å². The van der Waals surface area contributed by atoms with Gasteiger partial charge in [-0.25, -0.2) is 0 Å². The molecule has 0 bridgehead atoms. The van der Waals surface area contributed by atoms with E-state index in [4.69, 9.17) is 0 Å². The lowest BCUT2D eigenvalue weighted by molar-refractivity contribution is -0.136. The topological polar surface area (TPSA) is 23.6 Å². The maximum atomic E-state index is 12.6. The van der Waals surface area contributed by atoms with Crippen LogP contribution in [0, 0.1) is 5.92 Å². The second kappa shape index (κ2) is 7.51. The number of likely N-dealkylation sites (N-methyl/N-ethyl adjacent to an activating group) is 1. The highest BCUT2D eigenvalue weighted by molar-refractivity contribution is 7.99. The second-order valence-corrected chi connectivity index (χ2v) is 7.57. The van der Waals surface area contributed by atoms with Gasteiger partial charge in [-0.1, -0.05) is 30.3 Å². The van der Waals surface area contributed by atoms with Gasteiger partial charge in [0.1, 0.15) is 0 Å². The molecular weight excluding hydrogens is 292 g/mol. The summed E-state index contributed by atoms with van der Waals surface area (Å²) in [5.74, 6) is 3.08. The van der Waals surface area contributed by atoms with Crippen LogP contribution in [0.25, 0.3) is 0 Å². The third-order valence-corrected chi connectivity index (χ3v) is 6.14. The van der Waals surface area contributed by atoms with Gasteiger partial charge in [0.15, 0.2) is 0 Å². The van der Waals surface area contributed by atoms with Crippen molar-refractivity contribution in [3.05, 3.63) is 35.9 Å². The number of hydrogen-bond donors (Lipinski definition) is 0. The average molecular weight is 318 g/mol. The van der Waals surface area contributed by atoms with Crippen molar-refractivity contribution in [1.82, 2.24) is 9.80 Å². The number of nitrogens with zero attached hydrogens (tertiary/aromatic N) is 2. The molecule has 0 N–H and O–H groups in total. The molecule has 0 saturated carbocycles. The van der Waals surface area contributed by atoms with E-state index in [2.05, 4.69) is 47.2 Å². The summed E-state index contributed by atoms with van der Waals surface area (Å²) >= 11 is 1.87. The molecule has 0 spiro atoms. The molecule has 1 atom stereocenters. The number of carbonyl (C=O) groups is 1. The molecule has 1 aromatic carbocycles. The first-order valence-corrected chi connectivity index (χ1v) is 9.50. The number of hydrogen-bond acceptors (Lipinski definition) is 3. The lowest BCUT2D eigenvalue weighted by Gasteiger charge is -2.34. The average Bonchev–Trinajstić information content (AvgIpc) is 3.00. The van der Waals surface area contributed by atoms with Gasteiger partial charge in [-0.2, -0.15) is 0 Å². The molecule has 0 aliphatic carbocycles. The van der Waals surface area contributed by atoms with Crippen molar-refractivity contribution in [2.75, 3.05) is 31.8 Å². The molecule has 1 amide bonds. The number of thioether (sulfide) groups is 1. The number of aryl methyl sites for hydroxylation is 1. The van der Waals surface area contributed by atoms with Crippen LogP contribution in [0.15, 0.2) is 30.3 Å². The third-order valence-electron chi connectivity index (χ3n) is 5.00. The number of benzene rings is 1. The molecular formula is C18H26N2OS.